The Balaban J connectivity index is 2.67. The number of hydrogen-bond donors (Lipinski definition) is 0. The monoisotopic (exact) mass is 296 g/mol. The second-order valence-electron chi connectivity index (χ2n) is 3.26. The molecule has 1 nitrogen and oxygen atoms in total. The largest absolute Gasteiger partial charge is 0.295 e. The van der Waals surface area contributed by atoms with Crippen molar-refractivity contribution in [3.8, 4) is 0 Å². The number of halogens is 1. The molecule has 0 fully saturated rings. The first kappa shape index (κ1) is 9.65. The normalized spacial score (nSPS) is 10.4. The molecule has 0 saturated heterocycles. The van der Waals surface area contributed by atoms with E-state index in [1.54, 1.807) is 6.92 Å². The number of rotatable bonds is 1. The molecule has 0 N–H and O–H groups in total. The lowest BCUT2D eigenvalue weighted by molar-refractivity contribution is 0.101. The molecule has 0 amide bonds. The zero-order valence-electron chi connectivity index (χ0n) is 7.75. The molecule has 0 heterocycles. The molecule has 0 bridgehead atoms. The van der Waals surface area contributed by atoms with Gasteiger partial charge in [-0.1, -0.05) is 18.2 Å². The summed E-state index contributed by atoms with van der Waals surface area (Å²) in [6.45, 7) is 1.59. The van der Waals surface area contributed by atoms with Crippen LogP contribution in [-0.4, -0.2) is 5.78 Å². The lowest BCUT2D eigenvalue weighted by Crippen LogP contribution is -1.90. The average molecular weight is 296 g/mol. The highest BCUT2D eigenvalue weighted by Gasteiger charge is 2.00. The zero-order chi connectivity index (χ0) is 10.1. The Morgan fingerprint density at radius 3 is 2.43 bits per heavy atom. The number of fused-ring (bicyclic) bond motifs is 1. The molecule has 2 aromatic carbocycles. The molecule has 70 valence electrons. The van der Waals surface area contributed by atoms with Gasteiger partial charge in [0.05, 0.1) is 0 Å². The minimum absolute atomic E-state index is 0.116. The van der Waals surface area contributed by atoms with Gasteiger partial charge in [0, 0.05) is 9.13 Å². The fraction of sp³-hybridized carbons (Fsp3) is 0.0833. The minimum Gasteiger partial charge on any atom is -0.295 e. The first-order chi connectivity index (χ1) is 6.66. The summed E-state index contributed by atoms with van der Waals surface area (Å²) >= 11 is 2.28. The molecule has 0 saturated carbocycles. The molecule has 14 heavy (non-hydrogen) atoms. The van der Waals surface area contributed by atoms with E-state index in [1.165, 1.54) is 8.96 Å². The molecular weight excluding hydrogens is 287 g/mol. The van der Waals surface area contributed by atoms with Gasteiger partial charge >= 0.3 is 0 Å². The van der Waals surface area contributed by atoms with E-state index in [1.807, 2.05) is 30.3 Å². The van der Waals surface area contributed by atoms with Gasteiger partial charge in [-0.15, -0.1) is 0 Å². The van der Waals surface area contributed by atoms with Crippen LogP contribution in [0, 0.1) is 3.57 Å². The summed E-state index contributed by atoms with van der Waals surface area (Å²) in [5.41, 5.74) is 0.777. The second kappa shape index (κ2) is 3.69. The number of carbonyl (C=O) groups excluding carboxylic acids is 1. The van der Waals surface area contributed by atoms with Crippen LogP contribution in [0.1, 0.15) is 17.3 Å². The molecule has 2 rings (SSSR count). The molecule has 0 atom stereocenters. The van der Waals surface area contributed by atoms with Crippen LogP contribution in [-0.2, 0) is 0 Å². The molecule has 0 aliphatic carbocycles. The van der Waals surface area contributed by atoms with Crippen molar-refractivity contribution >= 4 is 39.1 Å². The molecule has 0 aliphatic heterocycles. The number of benzene rings is 2. The fourth-order valence-electron chi connectivity index (χ4n) is 1.44. The van der Waals surface area contributed by atoms with Crippen molar-refractivity contribution < 1.29 is 4.79 Å². The van der Waals surface area contributed by atoms with Gasteiger partial charge in [0.15, 0.2) is 5.78 Å². The summed E-state index contributed by atoms with van der Waals surface area (Å²) in [4.78, 5) is 11.2. The summed E-state index contributed by atoms with van der Waals surface area (Å²) in [6.07, 6.45) is 0. The van der Waals surface area contributed by atoms with Crippen LogP contribution in [0.5, 0.6) is 0 Å². The van der Waals surface area contributed by atoms with Crippen molar-refractivity contribution in [2.24, 2.45) is 0 Å². The SMILES string of the molecule is CC(=O)c1ccc2cc(I)ccc2c1. The Morgan fingerprint density at radius 1 is 1.07 bits per heavy atom. The lowest BCUT2D eigenvalue weighted by Gasteiger charge is -2.00. The number of Topliss-reactive ketones (excluding diaryl/α,β-unsaturated/α-hetero) is 1. The van der Waals surface area contributed by atoms with E-state index in [4.69, 9.17) is 0 Å². The van der Waals surface area contributed by atoms with Crippen LogP contribution in [0.4, 0.5) is 0 Å². The molecule has 0 spiro atoms. The van der Waals surface area contributed by atoms with Crippen molar-refractivity contribution in [2.45, 2.75) is 6.92 Å². The third-order valence-corrected chi connectivity index (χ3v) is 2.88. The molecule has 2 heteroatoms. The van der Waals surface area contributed by atoms with Crippen LogP contribution in [0.2, 0.25) is 0 Å². The molecule has 2 aromatic rings. The first-order valence-electron chi connectivity index (χ1n) is 4.37. The number of ketones is 1. The van der Waals surface area contributed by atoms with E-state index in [0.717, 1.165) is 10.9 Å². The molecule has 0 aliphatic rings. The summed E-state index contributed by atoms with van der Waals surface area (Å²) in [7, 11) is 0. The average Bonchev–Trinajstić information content (AvgIpc) is 2.16. The Morgan fingerprint density at radius 2 is 1.71 bits per heavy atom. The van der Waals surface area contributed by atoms with Crippen LogP contribution in [0.15, 0.2) is 36.4 Å². The molecule has 0 aromatic heterocycles. The van der Waals surface area contributed by atoms with E-state index in [0.29, 0.717) is 0 Å². The predicted molar refractivity (Wildman–Crippen MR) is 66.7 cm³/mol. The van der Waals surface area contributed by atoms with Crippen molar-refractivity contribution in [3.05, 3.63) is 45.5 Å². The van der Waals surface area contributed by atoms with E-state index < -0.39 is 0 Å². The predicted octanol–water partition coefficient (Wildman–Crippen LogP) is 3.65. The van der Waals surface area contributed by atoms with Gasteiger partial charge in [-0.2, -0.15) is 0 Å². The molecular formula is C12H9IO. The number of hydrogen-bond acceptors (Lipinski definition) is 1. The summed E-state index contributed by atoms with van der Waals surface area (Å²) in [5, 5.41) is 2.31. The Bertz CT molecular complexity index is 503. The zero-order valence-corrected chi connectivity index (χ0v) is 9.91. The van der Waals surface area contributed by atoms with E-state index in [-0.39, 0.29) is 5.78 Å². The highest BCUT2D eigenvalue weighted by atomic mass is 127. The van der Waals surface area contributed by atoms with Crippen LogP contribution in [0.3, 0.4) is 0 Å². The van der Waals surface area contributed by atoms with E-state index in [9.17, 15) is 4.79 Å². The smallest absolute Gasteiger partial charge is 0.159 e. The summed E-state index contributed by atoms with van der Waals surface area (Å²) in [6, 6.07) is 12.0. The topological polar surface area (TPSA) is 17.1 Å². The highest BCUT2D eigenvalue weighted by Crippen LogP contribution is 2.19. The molecule has 0 radical (unpaired) electrons. The summed E-state index contributed by atoms with van der Waals surface area (Å²) < 4.78 is 1.21. The van der Waals surface area contributed by atoms with E-state index >= 15 is 0 Å². The van der Waals surface area contributed by atoms with Crippen LogP contribution >= 0.6 is 22.6 Å². The highest BCUT2D eigenvalue weighted by molar-refractivity contribution is 14.1. The Labute approximate surface area is 96.3 Å². The third-order valence-electron chi connectivity index (χ3n) is 2.21. The third kappa shape index (κ3) is 1.80. The Kier molecular flexibility index (Phi) is 2.54. The van der Waals surface area contributed by atoms with Crippen molar-refractivity contribution in [1.29, 1.82) is 0 Å². The second-order valence-corrected chi connectivity index (χ2v) is 4.51. The molecule has 0 unspecified atom stereocenters. The van der Waals surface area contributed by atoms with Crippen LogP contribution < -0.4 is 0 Å². The van der Waals surface area contributed by atoms with Crippen LogP contribution in [0.25, 0.3) is 10.8 Å². The van der Waals surface area contributed by atoms with E-state index in [2.05, 4.69) is 28.7 Å². The maximum Gasteiger partial charge on any atom is 0.159 e. The van der Waals surface area contributed by atoms with Gasteiger partial charge in [0.2, 0.25) is 0 Å². The maximum atomic E-state index is 11.2. The quantitative estimate of drug-likeness (QED) is 0.580. The Hall–Kier alpha value is -0.900. The first-order valence-corrected chi connectivity index (χ1v) is 5.45. The van der Waals surface area contributed by atoms with Crippen molar-refractivity contribution in [1.82, 2.24) is 0 Å². The summed E-state index contributed by atoms with van der Waals surface area (Å²) in [5.74, 6) is 0.116. The van der Waals surface area contributed by atoms with Gasteiger partial charge < -0.3 is 0 Å². The van der Waals surface area contributed by atoms with Gasteiger partial charge in [-0.25, -0.2) is 0 Å². The van der Waals surface area contributed by atoms with Crippen molar-refractivity contribution in [2.75, 3.05) is 0 Å². The fourth-order valence-corrected chi connectivity index (χ4v) is 1.95. The van der Waals surface area contributed by atoms with Gasteiger partial charge in [0.25, 0.3) is 0 Å². The van der Waals surface area contributed by atoms with Crippen molar-refractivity contribution in [3.63, 3.8) is 0 Å². The van der Waals surface area contributed by atoms with Gasteiger partial charge in [-0.3, -0.25) is 4.79 Å². The lowest BCUT2D eigenvalue weighted by atomic mass is 10.1. The number of carbonyl (C=O) groups is 1. The standard InChI is InChI=1S/C12H9IO/c1-8(14)9-2-3-11-7-12(13)5-4-10(11)6-9/h2-7H,1H3. The maximum absolute atomic E-state index is 11.2. The van der Waals surface area contributed by atoms with Gasteiger partial charge in [-0.05, 0) is 58.5 Å². The van der Waals surface area contributed by atoms with Gasteiger partial charge in [0.1, 0.15) is 0 Å². The minimum atomic E-state index is 0.116.